The maximum atomic E-state index is 4.30. The van der Waals surface area contributed by atoms with Crippen LogP contribution in [-0.4, -0.2) is 25.1 Å². The van der Waals surface area contributed by atoms with Gasteiger partial charge in [-0.2, -0.15) is 13.8 Å². The van der Waals surface area contributed by atoms with Crippen LogP contribution in [0.1, 0.15) is 30.8 Å². The number of hydrogen-bond donors (Lipinski definition) is 1. The molecule has 1 unspecified atom stereocenters. The Balaban J connectivity index is 1.97. The Kier molecular flexibility index (Phi) is 4.22. The third-order valence-corrected chi connectivity index (χ3v) is 3.29. The van der Waals surface area contributed by atoms with Crippen LogP contribution in [0.25, 0.3) is 0 Å². The van der Waals surface area contributed by atoms with E-state index in [9.17, 15) is 0 Å². The molecule has 2 aromatic rings. The second-order valence-electron chi connectivity index (χ2n) is 3.93. The predicted molar refractivity (Wildman–Crippen MR) is 67.9 cm³/mol. The lowest BCUT2D eigenvalue weighted by molar-refractivity contribution is 0.498. The third kappa shape index (κ3) is 3.10. The van der Waals surface area contributed by atoms with E-state index in [1.165, 1.54) is 17.4 Å². The van der Waals surface area contributed by atoms with Gasteiger partial charge in [-0.05, 0) is 25.5 Å². The molecular weight excluding hydrogens is 234 g/mol. The van der Waals surface area contributed by atoms with E-state index in [1.54, 1.807) is 0 Å². The summed E-state index contributed by atoms with van der Waals surface area (Å²) in [5, 5.41) is 7.62. The number of rotatable bonds is 6. The van der Waals surface area contributed by atoms with E-state index in [0.717, 1.165) is 25.1 Å². The molecule has 0 spiro atoms. The van der Waals surface area contributed by atoms with Crippen LogP contribution in [0, 0.1) is 0 Å². The van der Waals surface area contributed by atoms with Crippen molar-refractivity contribution in [2.75, 3.05) is 6.54 Å². The summed E-state index contributed by atoms with van der Waals surface area (Å²) in [6, 6.07) is 2.34. The van der Waals surface area contributed by atoms with Crippen LogP contribution in [-0.2, 0) is 13.5 Å². The van der Waals surface area contributed by atoms with Crippen LogP contribution in [0.4, 0.5) is 0 Å². The summed E-state index contributed by atoms with van der Waals surface area (Å²) in [4.78, 5) is 0. The Labute approximate surface area is 105 Å². The molecule has 0 aliphatic carbocycles. The fourth-order valence-corrected chi connectivity index (χ4v) is 2.34. The number of hydrogen-bond acceptors (Lipinski definition) is 5. The van der Waals surface area contributed by atoms with Crippen LogP contribution >= 0.6 is 11.7 Å². The van der Waals surface area contributed by atoms with Gasteiger partial charge in [0.05, 0.1) is 29.7 Å². The molecule has 1 atom stereocenters. The highest BCUT2D eigenvalue weighted by Gasteiger charge is 2.13. The molecule has 17 heavy (non-hydrogen) atoms. The first-order valence-electron chi connectivity index (χ1n) is 5.79. The van der Waals surface area contributed by atoms with Crippen LogP contribution in [0.3, 0.4) is 0 Å². The smallest absolute Gasteiger partial charge is 0.0912 e. The first-order chi connectivity index (χ1) is 8.31. The summed E-state index contributed by atoms with van der Waals surface area (Å²) in [7, 11) is 1.97. The number of aryl methyl sites for hydroxylation is 2. The van der Waals surface area contributed by atoms with Gasteiger partial charge in [0.15, 0.2) is 0 Å². The summed E-state index contributed by atoms with van der Waals surface area (Å²) >= 11 is 1.26. The van der Waals surface area contributed by atoms with Gasteiger partial charge in [-0.1, -0.05) is 6.92 Å². The highest BCUT2D eigenvalue weighted by molar-refractivity contribution is 6.99. The quantitative estimate of drug-likeness (QED) is 0.846. The Morgan fingerprint density at radius 2 is 2.41 bits per heavy atom. The van der Waals surface area contributed by atoms with Gasteiger partial charge >= 0.3 is 0 Å². The molecule has 0 aliphatic rings. The summed E-state index contributed by atoms with van der Waals surface area (Å²) in [5.41, 5.74) is 2.29. The van der Waals surface area contributed by atoms with Crippen molar-refractivity contribution in [1.29, 1.82) is 0 Å². The second kappa shape index (κ2) is 5.88. The Bertz CT molecular complexity index is 436. The van der Waals surface area contributed by atoms with Gasteiger partial charge in [0, 0.05) is 18.9 Å². The summed E-state index contributed by atoms with van der Waals surface area (Å²) in [5.74, 6) is 0. The van der Waals surface area contributed by atoms with Crippen molar-refractivity contribution in [1.82, 2.24) is 23.8 Å². The number of nitrogens with zero attached hydrogens (tertiary/aromatic N) is 4. The van der Waals surface area contributed by atoms with Crippen molar-refractivity contribution < 1.29 is 0 Å². The molecule has 5 nitrogen and oxygen atoms in total. The Morgan fingerprint density at radius 1 is 1.53 bits per heavy atom. The monoisotopic (exact) mass is 251 g/mol. The minimum Gasteiger partial charge on any atom is -0.309 e. The van der Waals surface area contributed by atoms with Crippen molar-refractivity contribution in [3.05, 3.63) is 29.8 Å². The maximum Gasteiger partial charge on any atom is 0.0912 e. The third-order valence-electron chi connectivity index (χ3n) is 2.80. The molecule has 0 amide bonds. The van der Waals surface area contributed by atoms with E-state index in [2.05, 4.69) is 32.2 Å². The number of aromatic nitrogens is 4. The van der Waals surface area contributed by atoms with E-state index in [4.69, 9.17) is 0 Å². The van der Waals surface area contributed by atoms with E-state index in [0.29, 0.717) is 0 Å². The van der Waals surface area contributed by atoms with Crippen molar-refractivity contribution in [2.24, 2.45) is 7.05 Å². The highest BCUT2D eigenvalue weighted by Crippen LogP contribution is 2.17. The average molecular weight is 251 g/mol. The van der Waals surface area contributed by atoms with Crippen LogP contribution < -0.4 is 5.32 Å². The first kappa shape index (κ1) is 12.2. The molecule has 6 heteroatoms. The van der Waals surface area contributed by atoms with Crippen molar-refractivity contribution in [2.45, 2.75) is 25.8 Å². The summed E-state index contributed by atoms with van der Waals surface area (Å²) in [6.45, 7) is 3.05. The minimum absolute atomic E-state index is 0.286. The van der Waals surface area contributed by atoms with Crippen LogP contribution in [0.2, 0.25) is 0 Å². The maximum absolute atomic E-state index is 4.30. The van der Waals surface area contributed by atoms with Gasteiger partial charge in [0.25, 0.3) is 0 Å². The molecule has 0 aromatic carbocycles. The largest absolute Gasteiger partial charge is 0.309 e. The fraction of sp³-hybridized carbons (Fsp3) is 0.545. The zero-order valence-electron chi connectivity index (χ0n) is 10.1. The normalized spacial score (nSPS) is 12.8. The lowest BCUT2D eigenvalue weighted by Crippen LogP contribution is -2.22. The van der Waals surface area contributed by atoms with Gasteiger partial charge in [0.1, 0.15) is 0 Å². The SMILES string of the molecule is CCNC(CCc1ccnn1C)c1cnsn1. The lowest BCUT2D eigenvalue weighted by Gasteiger charge is -2.14. The van der Waals surface area contributed by atoms with E-state index in [1.807, 2.05) is 24.1 Å². The first-order valence-corrected chi connectivity index (χ1v) is 6.52. The molecular formula is C11H17N5S. The molecule has 92 valence electrons. The zero-order chi connectivity index (χ0) is 12.1. The second-order valence-corrected chi connectivity index (χ2v) is 4.48. The fourth-order valence-electron chi connectivity index (χ4n) is 1.87. The average Bonchev–Trinajstić information content (AvgIpc) is 2.96. The molecule has 1 N–H and O–H groups in total. The van der Waals surface area contributed by atoms with Crippen LogP contribution in [0.15, 0.2) is 18.5 Å². The molecule has 2 aromatic heterocycles. The summed E-state index contributed by atoms with van der Waals surface area (Å²) in [6.07, 6.45) is 5.69. The Hall–Kier alpha value is -1.27. The van der Waals surface area contributed by atoms with Gasteiger partial charge in [-0.15, -0.1) is 0 Å². The molecule has 0 saturated carbocycles. The highest BCUT2D eigenvalue weighted by atomic mass is 32.1. The van der Waals surface area contributed by atoms with Crippen molar-refractivity contribution in [3.63, 3.8) is 0 Å². The zero-order valence-corrected chi connectivity index (χ0v) is 10.9. The van der Waals surface area contributed by atoms with Crippen molar-refractivity contribution in [3.8, 4) is 0 Å². The van der Waals surface area contributed by atoms with Gasteiger partial charge in [0.2, 0.25) is 0 Å². The van der Waals surface area contributed by atoms with Crippen molar-refractivity contribution >= 4 is 11.7 Å². The van der Waals surface area contributed by atoms with E-state index >= 15 is 0 Å². The van der Waals surface area contributed by atoms with Gasteiger partial charge < -0.3 is 5.32 Å². The lowest BCUT2D eigenvalue weighted by atomic mass is 10.1. The molecule has 0 radical (unpaired) electrons. The van der Waals surface area contributed by atoms with E-state index < -0.39 is 0 Å². The van der Waals surface area contributed by atoms with Gasteiger partial charge in [-0.3, -0.25) is 4.68 Å². The standard InChI is InChI=1S/C11H17N5S/c1-3-12-10(11-8-14-17-15-11)5-4-9-6-7-13-16(9)2/h6-8,10,12H,3-5H2,1-2H3. The molecule has 0 saturated heterocycles. The molecule has 0 fully saturated rings. The minimum atomic E-state index is 0.286. The topological polar surface area (TPSA) is 55.6 Å². The molecule has 2 rings (SSSR count). The van der Waals surface area contributed by atoms with E-state index in [-0.39, 0.29) is 6.04 Å². The van der Waals surface area contributed by atoms with Crippen LogP contribution in [0.5, 0.6) is 0 Å². The Morgan fingerprint density at radius 3 is 3.00 bits per heavy atom. The summed E-state index contributed by atoms with van der Waals surface area (Å²) < 4.78 is 10.3. The predicted octanol–water partition coefficient (Wildman–Crippen LogP) is 1.55. The number of nitrogens with one attached hydrogen (secondary N) is 1. The van der Waals surface area contributed by atoms with Gasteiger partial charge in [-0.25, -0.2) is 0 Å². The molecule has 2 heterocycles. The molecule has 0 bridgehead atoms. The molecule has 0 aliphatic heterocycles.